The smallest absolute Gasteiger partial charge is 0.244 e. The van der Waals surface area contributed by atoms with Crippen LogP contribution < -0.4 is 5.32 Å². The van der Waals surface area contributed by atoms with Crippen LogP contribution in [0.1, 0.15) is 13.0 Å². The maximum absolute atomic E-state index is 12.1. The number of H-pyrrole nitrogens is 1. The lowest BCUT2D eigenvalue weighted by atomic mass is 10.2. The topological polar surface area (TPSA) is 88.5 Å². The largest absolute Gasteiger partial charge is 0.353 e. The molecule has 2 N–H and O–H groups in total. The minimum Gasteiger partial charge on any atom is -0.353 e. The summed E-state index contributed by atoms with van der Waals surface area (Å²) in [5.41, 5.74) is 2.45. The summed E-state index contributed by atoms with van der Waals surface area (Å²) in [6, 6.07) is 1.56. The number of rotatable bonds is 6. The van der Waals surface area contributed by atoms with Gasteiger partial charge in [-0.15, -0.1) is 0 Å². The molecule has 0 saturated carbocycles. The summed E-state index contributed by atoms with van der Waals surface area (Å²) >= 11 is 1.70. The molecule has 0 fully saturated rings. The minimum atomic E-state index is -0.367. The summed E-state index contributed by atoms with van der Waals surface area (Å²) in [4.78, 5) is 23.7. The first-order valence-corrected chi connectivity index (χ1v) is 8.69. The number of fused-ring (bicyclic) bond motifs is 1. The molecule has 1 unspecified atom stereocenters. The van der Waals surface area contributed by atoms with Crippen LogP contribution in [0.2, 0.25) is 0 Å². The minimum absolute atomic E-state index is 0.0387. The molecule has 0 radical (unpaired) electrons. The van der Waals surface area contributed by atoms with Gasteiger partial charge in [-0.2, -0.15) is 16.9 Å². The van der Waals surface area contributed by atoms with Gasteiger partial charge in [-0.25, -0.2) is 9.97 Å². The fourth-order valence-electron chi connectivity index (χ4n) is 2.32. The van der Waals surface area contributed by atoms with Gasteiger partial charge < -0.3 is 10.3 Å². The molecule has 0 bridgehead atoms. The van der Waals surface area contributed by atoms with E-state index >= 15 is 0 Å². The van der Waals surface area contributed by atoms with E-state index in [1.54, 1.807) is 22.6 Å². The Hall–Kier alpha value is -2.35. The molecule has 3 rings (SSSR count). The first-order chi connectivity index (χ1) is 11.2. The maximum atomic E-state index is 12.1. The average Bonchev–Trinajstić information content (AvgIpc) is 3.23. The zero-order chi connectivity index (χ0) is 16.2. The monoisotopic (exact) mass is 330 g/mol. The third-order valence-electron chi connectivity index (χ3n) is 3.61. The van der Waals surface area contributed by atoms with Crippen molar-refractivity contribution in [1.29, 1.82) is 0 Å². The highest BCUT2D eigenvalue weighted by atomic mass is 32.2. The number of amides is 1. The molecule has 0 aliphatic heterocycles. The van der Waals surface area contributed by atoms with Crippen molar-refractivity contribution in [3.05, 3.63) is 31.0 Å². The van der Waals surface area contributed by atoms with Crippen LogP contribution in [0.4, 0.5) is 0 Å². The molecule has 3 aromatic heterocycles. The molecular formula is C15H18N6OS. The predicted octanol–water partition coefficient (Wildman–Crippen LogP) is 1.86. The van der Waals surface area contributed by atoms with Gasteiger partial charge in [0.05, 0.1) is 11.9 Å². The summed E-state index contributed by atoms with van der Waals surface area (Å²) in [5, 5.41) is 8.15. The van der Waals surface area contributed by atoms with E-state index in [9.17, 15) is 4.79 Å². The molecular weight excluding hydrogens is 312 g/mol. The average molecular weight is 330 g/mol. The zero-order valence-electron chi connectivity index (χ0n) is 13.0. The SMILES string of the molecule is CSCCNC(=O)C(C)n1cc(-c2ncnc3[nH]ccc23)cn1. The first-order valence-electron chi connectivity index (χ1n) is 7.30. The summed E-state index contributed by atoms with van der Waals surface area (Å²) in [7, 11) is 0. The van der Waals surface area contributed by atoms with Gasteiger partial charge in [-0.3, -0.25) is 9.48 Å². The Morgan fingerprint density at radius 1 is 1.48 bits per heavy atom. The van der Waals surface area contributed by atoms with E-state index < -0.39 is 0 Å². The van der Waals surface area contributed by atoms with Crippen LogP contribution in [0.5, 0.6) is 0 Å². The van der Waals surface area contributed by atoms with E-state index in [1.165, 1.54) is 6.33 Å². The fourth-order valence-corrected chi connectivity index (χ4v) is 2.62. The van der Waals surface area contributed by atoms with Crippen molar-refractivity contribution in [2.45, 2.75) is 13.0 Å². The van der Waals surface area contributed by atoms with Gasteiger partial charge in [-0.05, 0) is 19.2 Å². The Labute approximate surface area is 137 Å². The molecule has 8 heteroatoms. The first kappa shape index (κ1) is 15.5. The number of nitrogens with one attached hydrogen (secondary N) is 2. The number of carbonyl (C=O) groups is 1. The lowest BCUT2D eigenvalue weighted by molar-refractivity contribution is -0.124. The number of hydrogen-bond donors (Lipinski definition) is 2. The van der Waals surface area contributed by atoms with Gasteiger partial charge in [0.15, 0.2) is 0 Å². The van der Waals surface area contributed by atoms with Gasteiger partial charge in [0.1, 0.15) is 18.0 Å². The summed E-state index contributed by atoms with van der Waals surface area (Å²) in [6.45, 7) is 2.49. The van der Waals surface area contributed by atoms with Crippen molar-refractivity contribution in [2.75, 3.05) is 18.6 Å². The van der Waals surface area contributed by atoms with E-state index in [2.05, 4.69) is 25.4 Å². The summed E-state index contributed by atoms with van der Waals surface area (Å²) in [5.74, 6) is 0.859. The third-order valence-corrected chi connectivity index (χ3v) is 4.22. The van der Waals surface area contributed by atoms with Crippen molar-refractivity contribution >= 4 is 28.7 Å². The standard InChI is InChI=1S/C15H18N6OS/c1-10(15(22)17-5-6-23-2)21-8-11(7-20-21)13-12-3-4-16-14(12)19-9-18-13/h3-4,7-10H,5-6H2,1-2H3,(H,17,22)(H,16,18,19). The lowest BCUT2D eigenvalue weighted by Gasteiger charge is -2.12. The van der Waals surface area contributed by atoms with Crippen molar-refractivity contribution in [3.8, 4) is 11.3 Å². The number of nitrogens with zero attached hydrogens (tertiary/aromatic N) is 4. The summed E-state index contributed by atoms with van der Waals surface area (Å²) < 4.78 is 1.66. The predicted molar refractivity (Wildman–Crippen MR) is 91.2 cm³/mol. The molecule has 7 nitrogen and oxygen atoms in total. The fraction of sp³-hybridized carbons (Fsp3) is 0.333. The summed E-state index contributed by atoms with van der Waals surface area (Å²) in [6.07, 6.45) is 8.92. The van der Waals surface area contributed by atoms with E-state index in [4.69, 9.17) is 0 Å². The van der Waals surface area contributed by atoms with E-state index in [0.717, 1.165) is 28.0 Å². The Balaban J connectivity index is 1.80. The van der Waals surface area contributed by atoms with Crippen molar-refractivity contribution in [3.63, 3.8) is 0 Å². The second-order valence-corrected chi connectivity index (χ2v) is 6.12. The Morgan fingerprint density at radius 3 is 3.17 bits per heavy atom. The van der Waals surface area contributed by atoms with Crippen LogP contribution in [-0.2, 0) is 4.79 Å². The van der Waals surface area contributed by atoms with Crippen LogP contribution in [0, 0.1) is 0 Å². The quantitative estimate of drug-likeness (QED) is 0.674. The number of aromatic amines is 1. The highest BCUT2D eigenvalue weighted by Crippen LogP contribution is 2.24. The lowest BCUT2D eigenvalue weighted by Crippen LogP contribution is -2.32. The van der Waals surface area contributed by atoms with Crippen molar-refractivity contribution in [1.82, 2.24) is 30.0 Å². The van der Waals surface area contributed by atoms with Crippen LogP contribution in [0.3, 0.4) is 0 Å². The van der Waals surface area contributed by atoms with Crippen LogP contribution in [-0.4, -0.2) is 49.2 Å². The molecule has 0 aliphatic rings. The molecule has 3 heterocycles. The van der Waals surface area contributed by atoms with E-state index in [0.29, 0.717) is 6.54 Å². The maximum Gasteiger partial charge on any atom is 0.244 e. The highest BCUT2D eigenvalue weighted by molar-refractivity contribution is 7.98. The number of hydrogen-bond acceptors (Lipinski definition) is 5. The number of aromatic nitrogens is 5. The Morgan fingerprint density at radius 2 is 2.35 bits per heavy atom. The molecule has 23 heavy (non-hydrogen) atoms. The van der Waals surface area contributed by atoms with Gasteiger partial charge in [0, 0.05) is 35.6 Å². The van der Waals surface area contributed by atoms with Crippen LogP contribution in [0.25, 0.3) is 22.3 Å². The van der Waals surface area contributed by atoms with Gasteiger partial charge in [0.2, 0.25) is 5.91 Å². The molecule has 120 valence electrons. The molecule has 0 aliphatic carbocycles. The highest BCUT2D eigenvalue weighted by Gasteiger charge is 2.17. The van der Waals surface area contributed by atoms with E-state index in [1.807, 2.05) is 31.6 Å². The molecule has 1 amide bonds. The number of carbonyl (C=O) groups excluding carboxylic acids is 1. The Bertz CT molecular complexity index is 811. The van der Waals surface area contributed by atoms with Crippen molar-refractivity contribution in [2.24, 2.45) is 0 Å². The van der Waals surface area contributed by atoms with Crippen LogP contribution in [0.15, 0.2) is 31.0 Å². The van der Waals surface area contributed by atoms with E-state index in [-0.39, 0.29) is 11.9 Å². The zero-order valence-corrected chi connectivity index (χ0v) is 13.8. The number of thioether (sulfide) groups is 1. The van der Waals surface area contributed by atoms with Gasteiger partial charge in [0.25, 0.3) is 0 Å². The van der Waals surface area contributed by atoms with Crippen LogP contribution >= 0.6 is 11.8 Å². The molecule has 1 atom stereocenters. The van der Waals surface area contributed by atoms with Gasteiger partial charge in [-0.1, -0.05) is 0 Å². The molecule has 3 aromatic rings. The van der Waals surface area contributed by atoms with Crippen molar-refractivity contribution < 1.29 is 4.79 Å². The third kappa shape index (κ3) is 3.21. The second-order valence-electron chi connectivity index (χ2n) is 5.13. The molecule has 0 aromatic carbocycles. The Kier molecular flexibility index (Phi) is 4.61. The normalized spacial score (nSPS) is 12.4. The molecule has 0 saturated heterocycles. The van der Waals surface area contributed by atoms with Gasteiger partial charge >= 0.3 is 0 Å². The second kappa shape index (κ2) is 6.82. The molecule has 0 spiro atoms.